The minimum absolute atomic E-state index is 0.0311. The highest BCUT2D eigenvalue weighted by Gasteiger charge is 2.48. The lowest BCUT2D eigenvalue weighted by Gasteiger charge is -2.33. The molecule has 0 spiro atoms. The monoisotopic (exact) mass is 354 g/mol. The lowest BCUT2D eigenvalue weighted by Crippen LogP contribution is -2.46. The summed E-state index contributed by atoms with van der Waals surface area (Å²) in [5, 5.41) is 0. The van der Waals surface area contributed by atoms with E-state index in [-0.39, 0.29) is 22.9 Å². The van der Waals surface area contributed by atoms with Crippen LogP contribution in [-0.4, -0.2) is 21.3 Å². The van der Waals surface area contributed by atoms with E-state index in [9.17, 15) is 13.6 Å². The normalized spacial score (nSPS) is 16.8. The van der Waals surface area contributed by atoms with Gasteiger partial charge in [-0.25, -0.2) is 13.8 Å². The van der Waals surface area contributed by atoms with Crippen molar-refractivity contribution in [1.82, 2.24) is 9.97 Å². The molecule has 0 saturated carbocycles. The number of nitrogens with two attached hydrogens (primary N) is 1. The first-order valence-corrected chi connectivity index (χ1v) is 8.05. The van der Waals surface area contributed by atoms with Crippen LogP contribution in [-0.2, 0) is 4.79 Å². The number of ketones is 1. The van der Waals surface area contributed by atoms with Gasteiger partial charge in [0, 0.05) is 6.07 Å². The third kappa shape index (κ3) is 2.20. The Morgan fingerprint density at radius 3 is 2.62 bits per heavy atom. The lowest BCUT2D eigenvalue weighted by atomic mass is 9.95. The van der Waals surface area contributed by atoms with Crippen LogP contribution in [0, 0.1) is 11.6 Å². The maximum atomic E-state index is 14.3. The summed E-state index contributed by atoms with van der Waals surface area (Å²) in [6.07, 6.45) is 0. The Bertz CT molecular complexity index is 1050. The number of Topliss-reactive ketones (excluding diaryl/α,β-unsaturated/α-hetero) is 1. The smallest absolute Gasteiger partial charge is 0.195 e. The maximum Gasteiger partial charge on any atom is 0.195 e. The van der Waals surface area contributed by atoms with E-state index in [1.54, 1.807) is 19.9 Å². The molecular weight excluding hydrogens is 338 g/mol. The average molecular weight is 354 g/mol. The molecule has 3 N–H and O–H groups in total. The van der Waals surface area contributed by atoms with Crippen molar-refractivity contribution in [2.75, 3.05) is 4.90 Å². The van der Waals surface area contributed by atoms with Crippen LogP contribution in [0.15, 0.2) is 48.3 Å². The van der Waals surface area contributed by atoms with Gasteiger partial charge in [0.1, 0.15) is 34.4 Å². The number of rotatable bonds is 2. The van der Waals surface area contributed by atoms with Crippen molar-refractivity contribution in [2.45, 2.75) is 19.4 Å². The molecule has 0 aliphatic carbocycles. The van der Waals surface area contributed by atoms with Gasteiger partial charge in [0.25, 0.3) is 0 Å². The molecule has 0 amide bonds. The SMILES string of the molecule is CC1(C)C(=O)C(c2nc3ccccc3[nH]2)=C(N)N1c1cc(F)ccc1F. The molecular formula is C19H16F2N4O. The summed E-state index contributed by atoms with van der Waals surface area (Å²) >= 11 is 0. The first kappa shape index (κ1) is 16.3. The fourth-order valence-corrected chi connectivity index (χ4v) is 3.32. The Morgan fingerprint density at radius 1 is 1.15 bits per heavy atom. The first-order valence-electron chi connectivity index (χ1n) is 8.05. The highest BCUT2D eigenvalue weighted by molar-refractivity contribution is 6.29. The van der Waals surface area contributed by atoms with Gasteiger partial charge in [-0.1, -0.05) is 12.1 Å². The van der Waals surface area contributed by atoms with E-state index < -0.39 is 17.2 Å². The number of halogens is 2. The fourth-order valence-electron chi connectivity index (χ4n) is 3.32. The molecule has 1 aromatic heterocycles. The van der Waals surface area contributed by atoms with E-state index >= 15 is 0 Å². The quantitative estimate of drug-likeness (QED) is 0.740. The summed E-state index contributed by atoms with van der Waals surface area (Å²) in [6, 6.07) is 10.4. The Balaban J connectivity index is 1.93. The predicted octanol–water partition coefficient (Wildman–Crippen LogP) is 3.34. The summed E-state index contributed by atoms with van der Waals surface area (Å²) in [5.74, 6) is -1.27. The fraction of sp³-hybridized carbons (Fsp3) is 0.158. The molecule has 5 nitrogen and oxygen atoms in total. The molecule has 26 heavy (non-hydrogen) atoms. The van der Waals surface area contributed by atoms with Gasteiger partial charge in [-0.2, -0.15) is 0 Å². The number of fused-ring (bicyclic) bond motifs is 1. The van der Waals surface area contributed by atoms with Gasteiger partial charge in [0.2, 0.25) is 0 Å². The topological polar surface area (TPSA) is 75.0 Å². The van der Waals surface area contributed by atoms with Gasteiger partial charge in [-0.15, -0.1) is 0 Å². The zero-order chi connectivity index (χ0) is 18.6. The van der Waals surface area contributed by atoms with Crippen LogP contribution < -0.4 is 10.6 Å². The van der Waals surface area contributed by atoms with E-state index in [1.165, 1.54) is 4.90 Å². The number of carbonyl (C=O) groups excluding carboxylic acids is 1. The molecule has 0 saturated heterocycles. The number of hydrogen-bond donors (Lipinski definition) is 2. The standard InChI is InChI=1S/C19H16F2N4O/c1-19(2)16(26)15(18-23-12-5-3-4-6-13(12)24-18)17(22)25(19)14-9-10(20)7-8-11(14)21/h3-9H,22H2,1-2H3,(H,23,24). The number of nitrogens with one attached hydrogen (secondary N) is 1. The van der Waals surface area contributed by atoms with Gasteiger partial charge in [0.05, 0.1) is 16.7 Å². The Kier molecular flexibility index (Phi) is 3.37. The Hall–Kier alpha value is -3.22. The average Bonchev–Trinajstić information content (AvgIpc) is 3.07. The van der Waals surface area contributed by atoms with Crippen molar-refractivity contribution in [3.8, 4) is 0 Å². The number of imidazole rings is 1. The summed E-state index contributed by atoms with van der Waals surface area (Å²) in [4.78, 5) is 21.8. The number of aromatic nitrogens is 2. The van der Waals surface area contributed by atoms with Crippen LogP contribution in [0.25, 0.3) is 16.6 Å². The van der Waals surface area contributed by atoms with Crippen molar-refractivity contribution >= 4 is 28.1 Å². The molecule has 0 fully saturated rings. The van der Waals surface area contributed by atoms with Gasteiger partial charge >= 0.3 is 0 Å². The molecule has 4 rings (SSSR count). The number of para-hydroxylation sites is 2. The van der Waals surface area contributed by atoms with Crippen molar-refractivity contribution in [3.63, 3.8) is 0 Å². The number of aromatic amines is 1. The van der Waals surface area contributed by atoms with Crippen LogP contribution in [0.5, 0.6) is 0 Å². The van der Waals surface area contributed by atoms with Crippen LogP contribution in [0.3, 0.4) is 0 Å². The minimum atomic E-state index is -1.19. The largest absolute Gasteiger partial charge is 0.384 e. The molecule has 1 aliphatic rings. The molecule has 0 radical (unpaired) electrons. The van der Waals surface area contributed by atoms with Crippen LogP contribution in [0.4, 0.5) is 14.5 Å². The minimum Gasteiger partial charge on any atom is -0.384 e. The summed E-state index contributed by atoms with van der Waals surface area (Å²) in [6.45, 7) is 3.23. The molecule has 0 bridgehead atoms. The highest BCUT2D eigenvalue weighted by atomic mass is 19.1. The van der Waals surface area contributed by atoms with Gasteiger partial charge in [-0.05, 0) is 38.1 Å². The Labute approximate surface area is 148 Å². The Morgan fingerprint density at radius 2 is 1.88 bits per heavy atom. The lowest BCUT2D eigenvalue weighted by molar-refractivity contribution is -0.116. The van der Waals surface area contributed by atoms with Gasteiger partial charge < -0.3 is 15.6 Å². The zero-order valence-corrected chi connectivity index (χ0v) is 14.2. The van der Waals surface area contributed by atoms with E-state index in [1.807, 2.05) is 18.2 Å². The number of benzene rings is 2. The highest BCUT2D eigenvalue weighted by Crippen LogP contribution is 2.41. The van der Waals surface area contributed by atoms with Crippen LogP contribution >= 0.6 is 0 Å². The van der Waals surface area contributed by atoms with E-state index in [0.717, 1.165) is 23.7 Å². The number of anilines is 1. The molecule has 0 unspecified atom stereocenters. The second-order valence-electron chi connectivity index (χ2n) is 6.68. The predicted molar refractivity (Wildman–Crippen MR) is 95.1 cm³/mol. The maximum absolute atomic E-state index is 14.3. The van der Waals surface area contributed by atoms with Crippen LogP contribution in [0.2, 0.25) is 0 Å². The molecule has 2 heterocycles. The van der Waals surface area contributed by atoms with Gasteiger partial charge in [0.15, 0.2) is 5.78 Å². The molecule has 2 aromatic carbocycles. The van der Waals surface area contributed by atoms with Crippen molar-refractivity contribution in [1.29, 1.82) is 0 Å². The van der Waals surface area contributed by atoms with Gasteiger partial charge in [-0.3, -0.25) is 4.79 Å². The second-order valence-corrected chi connectivity index (χ2v) is 6.68. The third-order valence-electron chi connectivity index (χ3n) is 4.61. The van der Waals surface area contributed by atoms with Crippen molar-refractivity contribution in [2.24, 2.45) is 5.73 Å². The van der Waals surface area contributed by atoms with E-state index in [4.69, 9.17) is 5.73 Å². The van der Waals surface area contributed by atoms with E-state index in [0.29, 0.717) is 11.3 Å². The molecule has 7 heteroatoms. The third-order valence-corrected chi connectivity index (χ3v) is 4.61. The van der Waals surface area contributed by atoms with Crippen molar-refractivity contribution in [3.05, 3.63) is 65.7 Å². The summed E-state index contributed by atoms with van der Waals surface area (Å²) in [7, 11) is 0. The number of hydrogen-bond acceptors (Lipinski definition) is 4. The number of carbonyl (C=O) groups is 1. The van der Waals surface area contributed by atoms with E-state index in [2.05, 4.69) is 9.97 Å². The molecule has 3 aromatic rings. The molecule has 1 aliphatic heterocycles. The van der Waals surface area contributed by atoms with Crippen molar-refractivity contribution < 1.29 is 13.6 Å². The summed E-state index contributed by atoms with van der Waals surface area (Å²) in [5.41, 5.74) is 6.55. The first-order chi connectivity index (χ1) is 12.3. The number of nitrogens with zero attached hydrogens (tertiary/aromatic N) is 2. The second kappa shape index (κ2) is 5.39. The molecule has 132 valence electrons. The number of H-pyrrole nitrogens is 1. The summed E-state index contributed by atoms with van der Waals surface area (Å²) < 4.78 is 28.0. The molecule has 0 atom stereocenters. The van der Waals surface area contributed by atoms with Crippen LogP contribution in [0.1, 0.15) is 19.7 Å². The zero-order valence-electron chi connectivity index (χ0n) is 14.2.